The van der Waals surface area contributed by atoms with Gasteiger partial charge in [0.25, 0.3) is 0 Å². The minimum absolute atomic E-state index is 0.0485. The van der Waals surface area contributed by atoms with Crippen LogP contribution in [0.1, 0.15) is 18.6 Å². The molecule has 0 aliphatic rings. The number of nitrogens with one attached hydrogen (secondary N) is 1. The SMILES string of the molecule is COC(C)C(=O)NCc1ncc(-c2noc(C(F)(F)F)n2)cn1. The number of carbonyl (C=O) groups is 1. The molecule has 0 fully saturated rings. The van der Waals surface area contributed by atoms with E-state index < -0.39 is 18.2 Å². The summed E-state index contributed by atoms with van der Waals surface area (Å²) < 4.78 is 46.1. The van der Waals surface area contributed by atoms with Crippen molar-refractivity contribution in [2.75, 3.05) is 7.11 Å². The first-order chi connectivity index (χ1) is 10.8. The van der Waals surface area contributed by atoms with Crippen molar-refractivity contribution in [1.29, 1.82) is 0 Å². The highest BCUT2D eigenvalue weighted by molar-refractivity contribution is 5.80. The third-order valence-corrected chi connectivity index (χ3v) is 2.78. The molecule has 124 valence electrons. The molecule has 2 aromatic rings. The number of hydrogen-bond donors (Lipinski definition) is 1. The summed E-state index contributed by atoms with van der Waals surface area (Å²) in [5, 5.41) is 5.76. The van der Waals surface area contributed by atoms with E-state index in [0.717, 1.165) is 0 Å². The van der Waals surface area contributed by atoms with E-state index in [1.165, 1.54) is 19.5 Å². The summed E-state index contributed by atoms with van der Waals surface area (Å²) in [5.74, 6) is -1.79. The lowest BCUT2D eigenvalue weighted by Gasteiger charge is -2.09. The van der Waals surface area contributed by atoms with Crippen molar-refractivity contribution in [3.8, 4) is 11.4 Å². The standard InChI is InChI=1S/C12H12F3N5O3/c1-6(22-2)10(21)18-5-8-16-3-7(4-17-8)9-19-11(23-20-9)12(13,14)15/h3-4,6H,5H2,1-2H3,(H,18,21). The average molecular weight is 331 g/mol. The minimum atomic E-state index is -4.71. The Labute approximate surface area is 128 Å². The van der Waals surface area contributed by atoms with Gasteiger partial charge in [-0.25, -0.2) is 9.97 Å². The zero-order valence-corrected chi connectivity index (χ0v) is 12.1. The summed E-state index contributed by atoms with van der Waals surface area (Å²) in [5.41, 5.74) is 0.157. The molecule has 0 saturated heterocycles. The van der Waals surface area contributed by atoms with Crippen LogP contribution in [0.4, 0.5) is 13.2 Å². The van der Waals surface area contributed by atoms with E-state index in [-0.39, 0.29) is 29.7 Å². The van der Waals surface area contributed by atoms with Gasteiger partial charge in [-0.15, -0.1) is 0 Å². The Bertz CT molecular complexity index is 671. The normalized spacial score (nSPS) is 12.9. The number of rotatable bonds is 5. The predicted octanol–water partition coefficient (Wildman–Crippen LogP) is 1.20. The molecule has 2 heterocycles. The summed E-state index contributed by atoms with van der Waals surface area (Å²) >= 11 is 0. The van der Waals surface area contributed by atoms with Crippen LogP contribution >= 0.6 is 0 Å². The fourth-order valence-electron chi connectivity index (χ4n) is 1.43. The van der Waals surface area contributed by atoms with Crippen molar-refractivity contribution in [3.05, 3.63) is 24.1 Å². The minimum Gasteiger partial charge on any atom is -0.372 e. The molecule has 23 heavy (non-hydrogen) atoms. The third kappa shape index (κ3) is 4.22. The average Bonchev–Trinajstić information content (AvgIpc) is 3.02. The molecular formula is C12H12F3N5O3. The molecule has 11 heteroatoms. The van der Waals surface area contributed by atoms with Gasteiger partial charge in [0.05, 0.1) is 12.1 Å². The Morgan fingerprint density at radius 1 is 1.39 bits per heavy atom. The lowest BCUT2D eigenvalue weighted by Crippen LogP contribution is -2.33. The van der Waals surface area contributed by atoms with Gasteiger partial charge in [0.1, 0.15) is 11.9 Å². The second kappa shape index (κ2) is 6.69. The van der Waals surface area contributed by atoms with Crippen LogP contribution in [0, 0.1) is 0 Å². The first-order valence-electron chi connectivity index (χ1n) is 6.34. The number of ether oxygens (including phenoxy) is 1. The molecule has 8 nitrogen and oxygen atoms in total. The van der Waals surface area contributed by atoms with Gasteiger partial charge in [0.2, 0.25) is 11.7 Å². The molecule has 0 aliphatic heterocycles. The molecular weight excluding hydrogens is 319 g/mol. The van der Waals surface area contributed by atoms with Crippen molar-refractivity contribution in [2.45, 2.75) is 25.7 Å². The van der Waals surface area contributed by atoms with Crippen molar-refractivity contribution in [3.63, 3.8) is 0 Å². The number of nitrogens with zero attached hydrogens (tertiary/aromatic N) is 4. The Hall–Kier alpha value is -2.56. The van der Waals surface area contributed by atoms with Gasteiger partial charge < -0.3 is 14.6 Å². The highest BCUT2D eigenvalue weighted by atomic mass is 19.4. The number of hydrogen-bond acceptors (Lipinski definition) is 7. The Morgan fingerprint density at radius 2 is 2.04 bits per heavy atom. The zero-order valence-electron chi connectivity index (χ0n) is 12.1. The lowest BCUT2D eigenvalue weighted by atomic mass is 10.3. The van der Waals surface area contributed by atoms with Crippen molar-refractivity contribution >= 4 is 5.91 Å². The highest BCUT2D eigenvalue weighted by Gasteiger charge is 2.38. The molecule has 2 aromatic heterocycles. The van der Waals surface area contributed by atoms with Gasteiger partial charge in [0.15, 0.2) is 0 Å². The molecule has 0 aliphatic carbocycles. The van der Waals surface area contributed by atoms with E-state index in [0.29, 0.717) is 0 Å². The molecule has 1 unspecified atom stereocenters. The number of halogens is 3. The van der Waals surface area contributed by atoms with Gasteiger partial charge in [-0.3, -0.25) is 4.79 Å². The van der Waals surface area contributed by atoms with Gasteiger partial charge in [-0.2, -0.15) is 18.2 Å². The lowest BCUT2D eigenvalue weighted by molar-refractivity contribution is -0.159. The van der Waals surface area contributed by atoms with Gasteiger partial charge in [-0.1, -0.05) is 5.16 Å². The van der Waals surface area contributed by atoms with Crippen LogP contribution in [0.25, 0.3) is 11.4 Å². The van der Waals surface area contributed by atoms with Crippen molar-refractivity contribution in [2.24, 2.45) is 0 Å². The van der Waals surface area contributed by atoms with E-state index in [4.69, 9.17) is 4.74 Å². The van der Waals surface area contributed by atoms with Crippen LogP contribution in [0.3, 0.4) is 0 Å². The van der Waals surface area contributed by atoms with Gasteiger partial charge >= 0.3 is 12.1 Å². The second-order valence-corrected chi connectivity index (χ2v) is 4.40. The molecule has 1 amide bonds. The maximum absolute atomic E-state index is 12.4. The maximum Gasteiger partial charge on any atom is 0.471 e. The van der Waals surface area contributed by atoms with E-state index in [2.05, 4.69) is 29.9 Å². The number of aromatic nitrogens is 4. The molecule has 0 bridgehead atoms. The van der Waals surface area contributed by atoms with Crippen molar-refractivity contribution in [1.82, 2.24) is 25.4 Å². The summed E-state index contributed by atoms with van der Waals surface area (Å²) in [6.07, 6.45) is -2.86. The largest absolute Gasteiger partial charge is 0.471 e. The maximum atomic E-state index is 12.4. The molecule has 1 N–H and O–H groups in total. The summed E-state index contributed by atoms with van der Waals surface area (Å²) in [7, 11) is 1.40. The number of methoxy groups -OCH3 is 1. The van der Waals surface area contributed by atoms with Crippen molar-refractivity contribution < 1.29 is 27.2 Å². The second-order valence-electron chi connectivity index (χ2n) is 4.40. The van der Waals surface area contributed by atoms with E-state index in [9.17, 15) is 18.0 Å². The first kappa shape index (κ1) is 16.8. The Kier molecular flexibility index (Phi) is 4.89. The van der Waals surface area contributed by atoms with Gasteiger partial charge in [-0.05, 0) is 6.92 Å². The van der Waals surface area contributed by atoms with E-state index >= 15 is 0 Å². The fraction of sp³-hybridized carbons (Fsp3) is 0.417. The monoisotopic (exact) mass is 331 g/mol. The summed E-state index contributed by atoms with van der Waals surface area (Å²) in [4.78, 5) is 22.6. The smallest absolute Gasteiger partial charge is 0.372 e. The van der Waals surface area contributed by atoms with Crippen LogP contribution in [0.5, 0.6) is 0 Å². The molecule has 0 aromatic carbocycles. The molecule has 2 rings (SSSR count). The summed E-state index contributed by atoms with van der Waals surface area (Å²) in [6.45, 7) is 1.63. The third-order valence-electron chi connectivity index (χ3n) is 2.78. The fourth-order valence-corrected chi connectivity index (χ4v) is 1.43. The molecule has 0 radical (unpaired) electrons. The van der Waals surface area contributed by atoms with Crippen LogP contribution in [0.2, 0.25) is 0 Å². The van der Waals surface area contributed by atoms with E-state index in [1.54, 1.807) is 6.92 Å². The topological polar surface area (TPSA) is 103 Å². The van der Waals surface area contributed by atoms with Crippen LogP contribution in [-0.2, 0) is 22.3 Å². The van der Waals surface area contributed by atoms with E-state index in [1.807, 2.05) is 0 Å². The van der Waals surface area contributed by atoms with Crippen LogP contribution < -0.4 is 5.32 Å². The Balaban J connectivity index is 2.02. The number of amides is 1. The summed E-state index contributed by atoms with van der Waals surface area (Å²) in [6, 6.07) is 0. The number of carbonyl (C=O) groups excluding carboxylic acids is 1. The predicted molar refractivity (Wildman–Crippen MR) is 68.6 cm³/mol. The molecule has 1 atom stereocenters. The van der Waals surface area contributed by atoms with Crippen LogP contribution in [0.15, 0.2) is 16.9 Å². The zero-order chi connectivity index (χ0) is 17.0. The molecule has 0 spiro atoms. The van der Waals surface area contributed by atoms with Crippen LogP contribution in [-0.4, -0.2) is 39.2 Å². The number of alkyl halides is 3. The quantitative estimate of drug-likeness (QED) is 0.878. The Morgan fingerprint density at radius 3 is 2.57 bits per heavy atom. The van der Waals surface area contributed by atoms with Gasteiger partial charge in [0, 0.05) is 19.5 Å². The highest BCUT2D eigenvalue weighted by Crippen LogP contribution is 2.28. The molecule has 0 saturated carbocycles. The first-order valence-corrected chi connectivity index (χ1v) is 6.34.